The maximum absolute atomic E-state index is 14.2. The van der Waals surface area contributed by atoms with Crippen molar-refractivity contribution in [1.29, 1.82) is 0 Å². The Morgan fingerprint density at radius 2 is 1.53 bits per heavy atom. The summed E-state index contributed by atoms with van der Waals surface area (Å²) in [6, 6.07) is 2.83. The van der Waals surface area contributed by atoms with Crippen LogP contribution in [0.25, 0.3) is 0 Å². The Morgan fingerprint density at radius 3 is 2.13 bits per heavy atom. The zero-order valence-electron chi connectivity index (χ0n) is 18.6. The van der Waals surface area contributed by atoms with E-state index in [2.05, 4.69) is 6.92 Å². The minimum Gasteiger partial charge on any atom is -0.491 e. The lowest BCUT2D eigenvalue weighted by Crippen LogP contribution is -2.35. The van der Waals surface area contributed by atoms with Gasteiger partial charge in [-0.2, -0.15) is 8.78 Å². The summed E-state index contributed by atoms with van der Waals surface area (Å²) in [4.78, 5) is 0. The maximum atomic E-state index is 14.2. The Morgan fingerprint density at radius 1 is 0.867 bits per heavy atom. The smallest absolute Gasteiger partial charge is 0.204 e. The van der Waals surface area contributed by atoms with Gasteiger partial charge < -0.3 is 14.2 Å². The molecule has 1 aromatic rings. The van der Waals surface area contributed by atoms with Gasteiger partial charge in [0.2, 0.25) is 11.6 Å². The fourth-order valence-corrected chi connectivity index (χ4v) is 5.04. The van der Waals surface area contributed by atoms with Crippen LogP contribution in [-0.4, -0.2) is 25.9 Å². The number of hydrogen-bond acceptors (Lipinski definition) is 3. The topological polar surface area (TPSA) is 27.7 Å². The van der Waals surface area contributed by atoms with E-state index >= 15 is 0 Å². The predicted molar refractivity (Wildman–Crippen MR) is 115 cm³/mol. The number of unbranched alkanes of at least 4 members (excludes halogenated alkanes) is 2. The molecule has 1 saturated carbocycles. The van der Waals surface area contributed by atoms with Crippen LogP contribution in [0, 0.1) is 29.4 Å². The van der Waals surface area contributed by atoms with Crippen LogP contribution in [-0.2, 0) is 4.74 Å². The fourth-order valence-electron chi connectivity index (χ4n) is 5.04. The van der Waals surface area contributed by atoms with E-state index in [4.69, 9.17) is 14.2 Å². The fraction of sp³-hybridized carbons (Fsp3) is 0.760. The quantitative estimate of drug-likeness (QED) is 0.381. The molecule has 1 aliphatic heterocycles. The highest BCUT2D eigenvalue weighted by atomic mass is 19.2. The van der Waals surface area contributed by atoms with Crippen molar-refractivity contribution in [2.45, 2.75) is 84.2 Å². The first-order valence-corrected chi connectivity index (χ1v) is 12.0. The van der Waals surface area contributed by atoms with E-state index in [-0.39, 0.29) is 30.8 Å². The van der Waals surface area contributed by atoms with E-state index in [0.29, 0.717) is 5.92 Å². The molecule has 1 heterocycles. The third-order valence-corrected chi connectivity index (χ3v) is 6.92. The average Bonchev–Trinajstić information content (AvgIpc) is 2.78. The lowest BCUT2D eigenvalue weighted by Gasteiger charge is -2.37. The van der Waals surface area contributed by atoms with E-state index in [0.717, 1.165) is 31.3 Å². The van der Waals surface area contributed by atoms with Crippen molar-refractivity contribution >= 4 is 0 Å². The van der Waals surface area contributed by atoms with Gasteiger partial charge in [-0.05, 0) is 62.5 Å². The number of benzene rings is 1. The molecule has 5 heteroatoms. The zero-order valence-corrected chi connectivity index (χ0v) is 18.6. The second kappa shape index (κ2) is 11.9. The molecule has 2 aliphatic rings. The van der Waals surface area contributed by atoms with Crippen molar-refractivity contribution in [2.24, 2.45) is 17.8 Å². The highest BCUT2D eigenvalue weighted by Crippen LogP contribution is 2.39. The molecule has 2 atom stereocenters. The third kappa shape index (κ3) is 6.32. The molecule has 1 saturated heterocycles. The molecule has 1 aliphatic carbocycles. The highest BCUT2D eigenvalue weighted by Gasteiger charge is 2.31. The molecule has 3 rings (SSSR count). The minimum atomic E-state index is -0.996. The molecule has 0 bridgehead atoms. The molecule has 1 aromatic carbocycles. The van der Waals surface area contributed by atoms with Crippen LogP contribution < -0.4 is 9.47 Å². The van der Waals surface area contributed by atoms with Crippen LogP contribution in [0.1, 0.15) is 78.1 Å². The first-order valence-electron chi connectivity index (χ1n) is 12.0. The minimum absolute atomic E-state index is 0.0549. The summed E-state index contributed by atoms with van der Waals surface area (Å²) in [7, 11) is 0. The van der Waals surface area contributed by atoms with E-state index in [9.17, 15) is 8.78 Å². The van der Waals surface area contributed by atoms with E-state index in [1.165, 1.54) is 63.5 Å². The van der Waals surface area contributed by atoms with Crippen molar-refractivity contribution in [2.75, 3.05) is 19.8 Å². The molecule has 0 N–H and O–H groups in total. The van der Waals surface area contributed by atoms with Gasteiger partial charge >= 0.3 is 0 Å². The van der Waals surface area contributed by atoms with Crippen molar-refractivity contribution in [3.8, 4) is 11.5 Å². The summed E-state index contributed by atoms with van der Waals surface area (Å²) in [5.41, 5.74) is 0. The molecule has 3 nitrogen and oxygen atoms in total. The van der Waals surface area contributed by atoms with Crippen LogP contribution in [0.5, 0.6) is 11.5 Å². The molecular weight excluding hydrogens is 386 g/mol. The van der Waals surface area contributed by atoms with Crippen molar-refractivity contribution in [1.82, 2.24) is 0 Å². The predicted octanol–water partition coefficient (Wildman–Crippen LogP) is 6.92. The maximum Gasteiger partial charge on any atom is 0.204 e. The van der Waals surface area contributed by atoms with Gasteiger partial charge in [-0.15, -0.1) is 0 Å². The highest BCUT2D eigenvalue weighted by molar-refractivity contribution is 5.35. The molecular formula is C25H38F2O3. The van der Waals surface area contributed by atoms with Gasteiger partial charge in [-0.25, -0.2) is 0 Å². The standard InChI is InChI=1S/C25H38F2O3/c1-3-5-6-7-18-8-10-19(11-9-18)20-12-13-21(29-16-20)17-30-23-15-14-22(28-4-2)24(26)25(23)27/h14-15,18-21H,3-13,16-17H2,1-2H3. The van der Waals surface area contributed by atoms with Gasteiger partial charge in [0, 0.05) is 0 Å². The number of ether oxygens (including phenoxy) is 3. The Hall–Kier alpha value is -1.36. The van der Waals surface area contributed by atoms with Gasteiger partial charge in [0.25, 0.3) is 0 Å². The van der Waals surface area contributed by atoms with E-state index < -0.39 is 11.6 Å². The van der Waals surface area contributed by atoms with Gasteiger partial charge in [0.05, 0.1) is 19.3 Å². The summed E-state index contributed by atoms with van der Waals surface area (Å²) < 4.78 is 44.8. The van der Waals surface area contributed by atoms with Crippen LogP contribution in [0.2, 0.25) is 0 Å². The van der Waals surface area contributed by atoms with Crippen LogP contribution in [0.4, 0.5) is 8.78 Å². The summed E-state index contributed by atoms with van der Waals surface area (Å²) >= 11 is 0. The summed E-state index contributed by atoms with van der Waals surface area (Å²) in [5, 5.41) is 0. The molecule has 2 unspecified atom stereocenters. The number of rotatable bonds is 10. The van der Waals surface area contributed by atoms with Gasteiger partial charge in [-0.1, -0.05) is 45.4 Å². The van der Waals surface area contributed by atoms with E-state index in [1.807, 2.05) is 0 Å². The summed E-state index contributed by atoms with van der Waals surface area (Å²) in [5.74, 6) is 0.198. The Bertz CT molecular complexity index is 636. The third-order valence-electron chi connectivity index (χ3n) is 6.92. The van der Waals surface area contributed by atoms with Gasteiger partial charge in [0.15, 0.2) is 11.5 Å². The summed E-state index contributed by atoms with van der Waals surface area (Å²) in [6.07, 6.45) is 12.9. The van der Waals surface area contributed by atoms with Crippen LogP contribution in [0.3, 0.4) is 0 Å². The molecule has 0 spiro atoms. The Kier molecular flexibility index (Phi) is 9.23. The number of halogens is 2. The van der Waals surface area contributed by atoms with Crippen molar-refractivity contribution in [3.63, 3.8) is 0 Å². The molecule has 0 amide bonds. The van der Waals surface area contributed by atoms with Gasteiger partial charge in [0.1, 0.15) is 6.61 Å². The monoisotopic (exact) mass is 424 g/mol. The second-order valence-electron chi connectivity index (χ2n) is 9.00. The van der Waals surface area contributed by atoms with Crippen LogP contribution in [0.15, 0.2) is 12.1 Å². The normalized spacial score (nSPS) is 27.1. The summed E-state index contributed by atoms with van der Waals surface area (Å²) in [6.45, 7) is 5.30. The first kappa shape index (κ1) is 23.3. The SMILES string of the molecule is CCCCCC1CCC(C2CCC(COc3ccc(OCC)c(F)c3F)OC2)CC1. The van der Waals surface area contributed by atoms with Crippen LogP contribution >= 0.6 is 0 Å². The molecule has 0 aromatic heterocycles. The lowest BCUT2D eigenvalue weighted by atomic mass is 9.73. The van der Waals surface area contributed by atoms with Gasteiger partial charge in [-0.3, -0.25) is 0 Å². The largest absolute Gasteiger partial charge is 0.491 e. The number of hydrogen-bond donors (Lipinski definition) is 0. The molecule has 30 heavy (non-hydrogen) atoms. The molecule has 2 fully saturated rings. The zero-order chi connectivity index (χ0) is 21.3. The Labute approximate surface area is 180 Å². The Balaban J connectivity index is 1.38. The molecule has 170 valence electrons. The first-order chi connectivity index (χ1) is 14.6. The van der Waals surface area contributed by atoms with Crippen molar-refractivity contribution < 1.29 is 23.0 Å². The average molecular weight is 425 g/mol. The van der Waals surface area contributed by atoms with Crippen molar-refractivity contribution in [3.05, 3.63) is 23.8 Å². The molecule has 0 radical (unpaired) electrons. The van der Waals surface area contributed by atoms with E-state index in [1.54, 1.807) is 6.92 Å². The second-order valence-corrected chi connectivity index (χ2v) is 9.00. The lowest BCUT2D eigenvalue weighted by molar-refractivity contribution is -0.0565.